The molecule has 0 amide bonds. The number of hydrogen-bond donors (Lipinski definition) is 1. The molecular formula is C15H8ClNO5. The van der Waals surface area contributed by atoms with Crippen molar-refractivity contribution < 1.29 is 14.4 Å². The monoisotopic (exact) mass is 317 g/mol. The topological polar surface area (TPSA) is 93.6 Å². The van der Waals surface area contributed by atoms with Crippen LogP contribution in [0.4, 0.5) is 5.69 Å². The zero-order valence-electron chi connectivity index (χ0n) is 10.9. The van der Waals surface area contributed by atoms with Crippen LogP contribution in [0.15, 0.2) is 51.7 Å². The normalized spacial score (nSPS) is 10.8. The van der Waals surface area contributed by atoms with Crippen LogP contribution in [-0.4, -0.2) is 10.0 Å². The fourth-order valence-electron chi connectivity index (χ4n) is 2.14. The number of fused-ring (bicyclic) bond motifs is 1. The standard InChI is InChI=1S/C15H8ClNO5/c16-10-6-8(17(20)21)4-5-9(10)14-7-12(19)15-11(18)2-1-3-13(15)22-14/h1-7,18H. The zero-order chi connectivity index (χ0) is 15.9. The zero-order valence-corrected chi connectivity index (χ0v) is 11.7. The number of non-ortho nitro benzene ring substituents is 1. The van der Waals surface area contributed by atoms with Crippen molar-refractivity contribution in [3.63, 3.8) is 0 Å². The van der Waals surface area contributed by atoms with Gasteiger partial charge in [-0.15, -0.1) is 0 Å². The number of aromatic hydroxyl groups is 1. The van der Waals surface area contributed by atoms with Gasteiger partial charge in [0, 0.05) is 23.8 Å². The lowest BCUT2D eigenvalue weighted by Gasteiger charge is -2.06. The molecule has 0 aliphatic carbocycles. The van der Waals surface area contributed by atoms with Crippen LogP contribution in [0, 0.1) is 10.1 Å². The second kappa shape index (κ2) is 5.16. The van der Waals surface area contributed by atoms with Gasteiger partial charge in [0.25, 0.3) is 5.69 Å². The van der Waals surface area contributed by atoms with Crippen molar-refractivity contribution in [2.24, 2.45) is 0 Å². The quantitative estimate of drug-likeness (QED) is 0.574. The third-order valence-corrected chi connectivity index (χ3v) is 3.47. The molecule has 3 aromatic rings. The van der Waals surface area contributed by atoms with Gasteiger partial charge in [0.15, 0.2) is 5.43 Å². The highest BCUT2D eigenvalue weighted by molar-refractivity contribution is 6.33. The summed E-state index contributed by atoms with van der Waals surface area (Å²) in [7, 11) is 0. The molecule has 2 aromatic carbocycles. The first kappa shape index (κ1) is 14.1. The van der Waals surface area contributed by atoms with E-state index in [1.165, 1.54) is 30.3 Å². The Morgan fingerprint density at radius 1 is 1.18 bits per heavy atom. The maximum absolute atomic E-state index is 12.1. The van der Waals surface area contributed by atoms with E-state index in [0.29, 0.717) is 5.56 Å². The van der Waals surface area contributed by atoms with Crippen LogP contribution in [0.5, 0.6) is 5.75 Å². The van der Waals surface area contributed by atoms with E-state index in [1.54, 1.807) is 12.1 Å². The molecule has 0 aliphatic heterocycles. The summed E-state index contributed by atoms with van der Waals surface area (Å²) >= 11 is 6.03. The van der Waals surface area contributed by atoms with E-state index >= 15 is 0 Å². The molecule has 0 atom stereocenters. The van der Waals surface area contributed by atoms with E-state index in [9.17, 15) is 20.0 Å². The van der Waals surface area contributed by atoms with Gasteiger partial charge in [-0.25, -0.2) is 0 Å². The number of nitro groups is 1. The highest BCUT2D eigenvalue weighted by atomic mass is 35.5. The third kappa shape index (κ3) is 2.29. The first-order chi connectivity index (χ1) is 10.5. The van der Waals surface area contributed by atoms with Crippen molar-refractivity contribution in [3.8, 4) is 17.1 Å². The summed E-state index contributed by atoms with van der Waals surface area (Å²) in [6, 6.07) is 9.53. The summed E-state index contributed by atoms with van der Waals surface area (Å²) in [4.78, 5) is 22.3. The van der Waals surface area contributed by atoms with Crippen molar-refractivity contribution in [2.45, 2.75) is 0 Å². The number of nitrogens with zero attached hydrogens (tertiary/aromatic N) is 1. The van der Waals surface area contributed by atoms with Crippen LogP contribution >= 0.6 is 11.6 Å². The van der Waals surface area contributed by atoms with E-state index in [2.05, 4.69) is 0 Å². The Labute approximate surface area is 128 Å². The summed E-state index contributed by atoms with van der Waals surface area (Å²) in [5.41, 5.74) is -0.0233. The average molecular weight is 318 g/mol. The molecule has 0 fully saturated rings. The van der Waals surface area contributed by atoms with Gasteiger partial charge in [-0.05, 0) is 18.2 Å². The number of benzene rings is 2. The fraction of sp³-hybridized carbons (Fsp3) is 0. The van der Waals surface area contributed by atoms with Crippen molar-refractivity contribution in [3.05, 3.63) is 67.8 Å². The van der Waals surface area contributed by atoms with Gasteiger partial charge in [-0.2, -0.15) is 0 Å². The Kier molecular flexibility index (Phi) is 3.30. The molecule has 0 bridgehead atoms. The number of phenolic OH excluding ortho intramolecular Hbond substituents is 1. The smallest absolute Gasteiger partial charge is 0.270 e. The molecule has 0 spiro atoms. The number of phenols is 1. The van der Waals surface area contributed by atoms with E-state index in [4.69, 9.17) is 16.0 Å². The molecule has 3 rings (SSSR count). The van der Waals surface area contributed by atoms with E-state index in [1.807, 2.05) is 0 Å². The lowest BCUT2D eigenvalue weighted by molar-refractivity contribution is -0.384. The Bertz CT molecular complexity index is 964. The first-order valence-electron chi connectivity index (χ1n) is 6.17. The highest BCUT2D eigenvalue weighted by Crippen LogP contribution is 2.32. The molecule has 7 heteroatoms. The fourth-order valence-corrected chi connectivity index (χ4v) is 2.41. The summed E-state index contributed by atoms with van der Waals surface area (Å²) in [5.74, 6) is -0.00408. The number of hydrogen-bond acceptors (Lipinski definition) is 5. The summed E-state index contributed by atoms with van der Waals surface area (Å²) in [5, 5.41) is 20.6. The second-order valence-corrected chi connectivity index (χ2v) is 4.95. The minimum absolute atomic E-state index is 0.0734. The van der Waals surface area contributed by atoms with Gasteiger partial charge in [0.1, 0.15) is 22.5 Å². The number of halogens is 1. The maximum Gasteiger partial charge on any atom is 0.270 e. The van der Waals surface area contributed by atoms with Crippen LogP contribution < -0.4 is 5.43 Å². The molecule has 6 nitrogen and oxygen atoms in total. The minimum atomic E-state index is -0.565. The predicted molar refractivity (Wildman–Crippen MR) is 81.2 cm³/mol. The van der Waals surface area contributed by atoms with Crippen molar-refractivity contribution in [1.82, 2.24) is 0 Å². The van der Waals surface area contributed by atoms with E-state index < -0.39 is 10.4 Å². The number of rotatable bonds is 2. The lowest BCUT2D eigenvalue weighted by atomic mass is 10.1. The number of nitro benzene ring substituents is 1. The highest BCUT2D eigenvalue weighted by Gasteiger charge is 2.15. The Morgan fingerprint density at radius 2 is 1.95 bits per heavy atom. The van der Waals surface area contributed by atoms with Gasteiger partial charge >= 0.3 is 0 Å². The van der Waals surface area contributed by atoms with Crippen LogP contribution in [0.1, 0.15) is 0 Å². The molecule has 1 N–H and O–H groups in total. The van der Waals surface area contributed by atoms with Gasteiger partial charge < -0.3 is 9.52 Å². The Hall–Kier alpha value is -2.86. The molecule has 0 aliphatic rings. The summed E-state index contributed by atoms with van der Waals surface area (Å²) < 4.78 is 5.58. The second-order valence-electron chi connectivity index (χ2n) is 4.55. The van der Waals surface area contributed by atoms with Gasteiger partial charge in [-0.1, -0.05) is 17.7 Å². The predicted octanol–water partition coefficient (Wildman–Crippen LogP) is 3.73. The lowest BCUT2D eigenvalue weighted by Crippen LogP contribution is -2.00. The molecule has 0 saturated heterocycles. The summed E-state index contributed by atoms with van der Waals surface area (Å²) in [6.07, 6.45) is 0. The molecule has 110 valence electrons. The van der Waals surface area contributed by atoms with Gasteiger partial charge in [-0.3, -0.25) is 14.9 Å². The minimum Gasteiger partial charge on any atom is -0.507 e. The molecule has 0 unspecified atom stereocenters. The van der Waals surface area contributed by atoms with Crippen LogP contribution in [0.25, 0.3) is 22.3 Å². The van der Waals surface area contributed by atoms with Crippen molar-refractivity contribution >= 4 is 28.3 Å². The van der Waals surface area contributed by atoms with Crippen molar-refractivity contribution in [1.29, 1.82) is 0 Å². The molecular weight excluding hydrogens is 310 g/mol. The molecule has 22 heavy (non-hydrogen) atoms. The third-order valence-electron chi connectivity index (χ3n) is 3.16. The largest absolute Gasteiger partial charge is 0.507 e. The van der Waals surface area contributed by atoms with Crippen LogP contribution in [0.2, 0.25) is 5.02 Å². The molecule has 0 saturated carbocycles. The van der Waals surface area contributed by atoms with E-state index in [0.717, 1.165) is 0 Å². The summed E-state index contributed by atoms with van der Waals surface area (Å²) in [6.45, 7) is 0. The maximum atomic E-state index is 12.1. The van der Waals surface area contributed by atoms with Crippen LogP contribution in [0.3, 0.4) is 0 Å². The van der Waals surface area contributed by atoms with Crippen LogP contribution in [-0.2, 0) is 0 Å². The molecule has 0 radical (unpaired) electrons. The first-order valence-corrected chi connectivity index (χ1v) is 6.55. The molecule has 1 heterocycles. The Morgan fingerprint density at radius 3 is 2.64 bits per heavy atom. The van der Waals surface area contributed by atoms with Gasteiger partial charge in [0.05, 0.1) is 9.95 Å². The average Bonchev–Trinajstić information content (AvgIpc) is 2.46. The Balaban J connectivity index is 2.23. The van der Waals surface area contributed by atoms with Gasteiger partial charge in [0.2, 0.25) is 0 Å². The molecule has 1 aromatic heterocycles. The SMILES string of the molecule is O=c1cc(-c2ccc([N+](=O)[O-])cc2Cl)oc2cccc(O)c12. The van der Waals surface area contributed by atoms with Crippen molar-refractivity contribution in [2.75, 3.05) is 0 Å². The van der Waals surface area contributed by atoms with E-state index in [-0.39, 0.29) is 33.2 Å².